The predicted octanol–water partition coefficient (Wildman–Crippen LogP) is 1.36. The summed E-state index contributed by atoms with van der Waals surface area (Å²) in [6.45, 7) is 1.39. The third-order valence-electron chi connectivity index (χ3n) is 1.60. The molecule has 0 unspecified atom stereocenters. The lowest BCUT2D eigenvalue weighted by Gasteiger charge is -2.09. The summed E-state index contributed by atoms with van der Waals surface area (Å²) in [5.74, 6) is 0.0926. The zero-order valence-electron chi connectivity index (χ0n) is 8.53. The van der Waals surface area contributed by atoms with Crippen molar-refractivity contribution in [2.75, 3.05) is 12.4 Å². The van der Waals surface area contributed by atoms with E-state index >= 15 is 0 Å². The molecule has 2 amide bonds. The zero-order chi connectivity index (χ0) is 11.3. The smallest absolute Gasteiger partial charge is 0.408 e. The minimum atomic E-state index is -0.576. The number of ether oxygens (including phenoxy) is 1. The van der Waals surface area contributed by atoms with Crippen LogP contribution in [-0.2, 0) is 4.79 Å². The van der Waals surface area contributed by atoms with Gasteiger partial charge in [0.25, 0.3) is 0 Å². The SMILES string of the molecule is CNC(=O)Oc1ccccc1NC(C)=O. The molecule has 0 saturated carbocycles. The summed E-state index contributed by atoms with van der Waals surface area (Å²) in [6, 6.07) is 6.70. The number of anilines is 1. The second-order valence-corrected chi connectivity index (χ2v) is 2.82. The van der Waals surface area contributed by atoms with Crippen molar-refractivity contribution < 1.29 is 14.3 Å². The number of para-hydroxylation sites is 2. The first-order valence-corrected chi connectivity index (χ1v) is 4.39. The highest BCUT2D eigenvalue weighted by atomic mass is 16.6. The highest BCUT2D eigenvalue weighted by Crippen LogP contribution is 2.23. The Balaban J connectivity index is 2.85. The van der Waals surface area contributed by atoms with E-state index in [1.165, 1.54) is 14.0 Å². The molecule has 0 heterocycles. The summed E-state index contributed by atoms with van der Waals surface area (Å²) in [5, 5.41) is 4.88. The normalized spacial score (nSPS) is 9.20. The predicted molar refractivity (Wildman–Crippen MR) is 55.8 cm³/mol. The Kier molecular flexibility index (Phi) is 3.68. The van der Waals surface area contributed by atoms with E-state index in [0.29, 0.717) is 11.4 Å². The van der Waals surface area contributed by atoms with Crippen LogP contribution in [0.3, 0.4) is 0 Å². The molecule has 80 valence electrons. The van der Waals surface area contributed by atoms with Gasteiger partial charge in [-0.2, -0.15) is 0 Å². The number of hydrogen-bond acceptors (Lipinski definition) is 3. The highest BCUT2D eigenvalue weighted by molar-refractivity contribution is 5.91. The number of carbonyl (C=O) groups is 2. The molecule has 5 nitrogen and oxygen atoms in total. The Morgan fingerprint density at radius 3 is 2.53 bits per heavy atom. The van der Waals surface area contributed by atoms with Crippen LogP contribution in [0.25, 0.3) is 0 Å². The Labute approximate surface area is 87.4 Å². The summed E-state index contributed by atoms with van der Waals surface area (Å²) in [7, 11) is 1.46. The van der Waals surface area contributed by atoms with Gasteiger partial charge in [0.2, 0.25) is 5.91 Å². The third-order valence-corrected chi connectivity index (χ3v) is 1.60. The molecule has 0 radical (unpaired) electrons. The van der Waals surface area contributed by atoms with E-state index in [1.54, 1.807) is 24.3 Å². The fourth-order valence-electron chi connectivity index (χ4n) is 0.999. The van der Waals surface area contributed by atoms with Gasteiger partial charge < -0.3 is 15.4 Å². The largest absolute Gasteiger partial charge is 0.412 e. The molecule has 1 rings (SSSR count). The van der Waals surface area contributed by atoms with Crippen LogP contribution in [0.5, 0.6) is 5.75 Å². The lowest BCUT2D eigenvalue weighted by molar-refractivity contribution is -0.114. The first-order valence-electron chi connectivity index (χ1n) is 4.39. The molecule has 0 spiro atoms. The molecule has 2 N–H and O–H groups in total. The van der Waals surface area contributed by atoms with Gasteiger partial charge in [-0.05, 0) is 12.1 Å². The summed E-state index contributed by atoms with van der Waals surface area (Å²) in [4.78, 5) is 21.8. The molecule has 0 aliphatic carbocycles. The van der Waals surface area contributed by atoms with E-state index < -0.39 is 6.09 Å². The van der Waals surface area contributed by atoms with Crippen molar-refractivity contribution in [1.29, 1.82) is 0 Å². The van der Waals surface area contributed by atoms with Gasteiger partial charge in [0.15, 0.2) is 5.75 Å². The van der Waals surface area contributed by atoms with Crippen LogP contribution in [0.15, 0.2) is 24.3 Å². The molecule has 0 fully saturated rings. The third kappa shape index (κ3) is 3.30. The van der Waals surface area contributed by atoms with Crippen LogP contribution in [0.1, 0.15) is 6.92 Å². The van der Waals surface area contributed by atoms with Crippen molar-refractivity contribution in [1.82, 2.24) is 5.32 Å². The van der Waals surface area contributed by atoms with Crippen LogP contribution in [0.2, 0.25) is 0 Å². The van der Waals surface area contributed by atoms with Crippen molar-refractivity contribution >= 4 is 17.7 Å². The number of rotatable bonds is 2. The topological polar surface area (TPSA) is 67.4 Å². The summed E-state index contributed by atoms with van der Waals surface area (Å²) in [6.07, 6.45) is -0.576. The maximum absolute atomic E-state index is 11.0. The van der Waals surface area contributed by atoms with Gasteiger partial charge in [0, 0.05) is 14.0 Å². The Bertz CT molecular complexity index is 377. The lowest BCUT2D eigenvalue weighted by Crippen LogP contribution is -2.22. The Morgan fingerprint density at radius 2 is 1.93 bits per heavy atom. The van der Waals surface area contributed by atoms with Crippen LogP contribution < -0.4 is 15.4 Å². The van der Waals surface area contributed by atoms with Gasteiger partial charge in [-0.15, -0.1) is 0 Å². The van der Waals surface area contributed by atoms with Crippen molar-refractivity contribution in [3.8, 4) is 5.75 Å². The molecule has 0 atom stereocenters. The van der Waals surface area contributed by atoms with Crippen LogP contribution in [0, 0.1) is 0 Å². The summed E-state index contributed by atoms with van der Waals surface area (Å²) in [5.41, 5.74) is 0.466. The minimum absolute atomic E-state index is 0.219. The molecule has 0 saturated heterocycles. The quantitative estimate of drug-likeness (QED) is 0.771. The first-order chi connectivity index (χ1) is 7.13. The van der Waals surface area contributed by atoms with Gasteiger partial charge in [0.1, 0.15) is 0 Å². The van der Waals surface area contributed by atoms with Gasteiger partial charge in [-0.1, -0.05) is 12.1 Å². The van der Waals surface area contributed by atoms with E-state index in [2.05, 4.69) is 10.6 Å². The second-order valence-electron chi connectivity index (χ2n) is 2.82. The van der Waals surface area contributed by atoms with Gasteiger partial charge in [0.05, 0.1) is 5.69 Å². The number of amides is 2. The van der Waals surface area contributed by atoms with Gasteiger partial charge in [-0.3, -0.25) is 4.79 Å². The average molecular weight is 208 g/mol. The molecule has 0 aliphatic heterocycles. The monoisotopic (exact) mass is 208 g/mol. The highest BCUT2D eigenvalue weighted by Gasteiger charge is 2.07. The molecule has 0 aliphatic rings. The van der Waals surface area contributed by atoms with Crippen molar-refractivity contribution in [3.63, 3.8) is 0 Å². The van der Waals surface area contributed by atoms with Crippen molar-refractivity contribution in [2.45, 2.75) is 6.92 Å². The summed E-state index contributed by atoms with van der Waals surface area (Å²) >= 11 is 0. The number of nitrogens with one attached hydrogen (secondary N) is 2. The molecule has 15 heavy (non-hydrogen) atoms. The van der Waals surface area contributed by atoms with Gasteiger partial charge in [-0.25, -0.2) is 4.79 Å². The van der Waals surface area contributed by atoms with E-state index in [9.17, 15) is 9.59 Å². The fourth-order valence-corrected chi connectivity index (χ4v) is 0.999. The van der Waals surface area contributed by atoms with Crippen LogP contribution in [-0.4, -0.2) is 19.0 Å². The summed E-state index contributed by atoms with van der Waals surface area (Å²) < 4.78 is 4.93. The van der Waals surface area contributed by atoms with Crippen molar-refractivity contribution in [2.24, 2.45) is 0 Å². The zero-order valence-corrected chi connectivity index (χ0v) is 8.53. The fraction of sp³-hybridized carbons (Fsp3) is 0.200. The van der Waals surface area contributed by atoms with E-state index in [4.69, 9.17) is 4.74 Å². The molecular formula is C10H12N2O3. The van der Waals surface area contributed by atoms with E-state index in [-0.39, 0.29) is 5.91 Å². The molecule has 5 heteroatoms. The standard InChI is InChI=1S/C10H12N2O3/c1-7(13)12-8-5-3-4-6-9(8)15-10(14)11-2/h3-6H,1-2H3,(H,11,14)(H,12,13). The maximum atomic E-state index is 11.0. The average Bonchev–Trinajstić information content (AvgIpc) is 2.20. The maximum Gasteiger partial charge on any atom is 0.412 e. The second kappa shape index (κ2) is 4.99. The lowest BCUT2D eigenvalue weighted by atomic mass is 10.3. The molecule has 0 aromatic heterocycles. The Morgan fingerprint density at radius 1 is 1.27 bits per heavy atom. The molecular weight excluding hydrogens is 196 g/mol. The molecule has 1 aromatic carbocycles. The number of carbonyl (C=O) groups excluding carboxylic acids is 2. The molecule has 0 bridgehead atoms. The van der Waals surface area contributed by atoms with Gasteiger partial charge >= 0.3 is 6.09 Å². The first kappa shape index (κ1) is 11.0. The Hall–Kier alpha value is -2.04. The van der Waals surface area contributed by atoms with E-state index in [1.807, 2.05) is 0 Å². The van der Waals surface area contributed by atoms with Crippen LogP contribution >= 0.6 is 0 Å². The van der Waals surface area contributed by atoms with E-state index in [0.717, 1.165) is 0 Å². The molecule has 1 aromatic rings. The number of benzene rings is 1. The number of hydrogen-bond donors (Lipinski definition) is 2. The van der Waals surface area contributed by atoms with Crippen LogP contribution in [0.4, 0.5) is 10.5 Å². The minimum Gasteiger partial charge on any atom is -0.408 e. The van der Waals surface area contributed by atoms with Crippen molar-refractivity contribution in [3.05, 3.63) is 24.3 Å².